The van der Waals surface area contributed by atoms with Gasteiger partial charge in [0.15, 0.2) is 0 Å². The molecule has 1 fully saturated rings. The Hall–Kier alpha value is -0.980. The van der Waals surface area contributed by atoms with Crippen LogP contribution in [-0.2, 0) is 15.8 Å². The second-order valence-electron chi connectivity index (χ2n) is 5.08. The summed E-state index contributed by atoms with van der Waals surface area (Å²) in [6, 6.07) is 5.98. The molecule has 0 bridgehead atoms. The molecule has 0 aromatic heterocycles. The molecule has 1 aliphatic rings. The number of rotatable bonds is 4. The van der Waals surface area contributed by atoms with E-state index < -0.39 is 15.8 Å². The maximum atomic E-state index is 13.0. The van der Waals surface area contributed by atoms with Gasteiger partial charge in [0, 0.05) is 12.1 Å². The smallest absolute Gasteiger partial charge is 0.216 e. The van der Waals surface area contributed by atoms with Crippen molar-refractivity contribution < 1.29 is 12.8 Å². The molecular formula is C13H19FN2O2S. The van der Waals surface area contributed by atoms with Crippen LogP contribution in [0, 0.1) is 5.82 Å². The molecule has 2 N–H and O–H groups in total. The summed E-state index contributed by atoms with van der Waals surface area (Å²) in [6.45, 7) is 2.85. The molecule has 1 aromatic carbocycles. The number of piperidine rings is 1. The summed E-state index contributed by atoms with van der Waals surface area (Å²) in [4.78, 5) is 0. The van der Waals surface area contributed by atoms with Gasteiger partial charge in [-0.1, -0.05) is 12.1 Å². The van der Waals surface area contributed by atoms with Gasteiger partial charge >= 0.3 is 0 Å². The van der Waals surface area contributed by atoms with E-state index in [1.165, 1.54) is 18.2 Å². The van der Waals surface area contributed by atoms with Crippen LogP contribution in [0.1, 0.15) is 25.3 Å². The number of hydrogen-bond donors (Lipinski definition) is 2. The third kappa shape index (κ3) is 4.56. The van der Waals surface area contributed by atoms with Gasteiger partial charge in [-0.25, -0.2) is 17.5 Å². The molecule has 0 saturated carbocycles. The Morgan fingerprint density at radius 1 is 1.47 bits per heavy atom. The molecular weight excluding hydrogens is 267 g/mol. The van der Waals surface area contributed by atoms with Crippen LogP contribution in [0.5, 0.6) is 0 Å². The lowest BCUT2D eigenvalue weighted by atomic mass is 10.0. The van der Waals surface area contributed by atoms with E-state index in [1.807, 2.05) is 6.92 Å². The van der Waals surface area contributed by atoms with Crippen molar-refractivity contribution in [2.45, 2.75) is 37.6 Å². The number of hydrogen-bond acceptors (Lipinski definition) is 3. The molecule has 6 heteroatoms. The van der Waals surface area contributed by atoms with Gasteiger partial charge in [-0.05, 0) is 44.0 Å². The summed E-state index contributed by atoms with van der Waals surface area (Å²) in [5.41, 5.74) is 0.467. The van der Waals surface area contributed by atoms with Crippen LogP contribution in [0.25, 0.3) is 0 Å². The van der Waals surface area contributed by atoms with Crippen LogP contribution in [-0.4, -0.2) is 27.0 Å². The molecule has 19 heavy (non-hydrogen) atoms. The van der Waals surface area contributed by atoms with E-state index in [0.29, 0.717) is 11.6 Å². The van der Waals surface area contributed by atoms with Gasteiger partial charge in [-0.2, -0.15) is 0 Å². The van der Waals surface area contributed by atoms with Crippen molar-refractivity contribution in [1.29, 1.82) is 0 Å². The monoisotopic (exact) mass is 286 g/mol. The lowest BCUT2D eigenvalue weighted by Gasteiger charge is -2.28. The number of sulfonamides is 1. The van der Waals surface area contributed by atoms with E-state index >= 15 is 0 Å². The summed E-state index contributed by atoms with van der Waals surface area (Å²) in [6.07, 6.45) is 1.56. The van der Waals surface area contributed by atoms with Gasteiger partial charge in [0.25, 0.3) is 0 Å². The van der Waals surface area contributed by atoms with Crippen molar-refractivity contribution in [1.82, 2.24) is 10.0 Å². The molecule has 106 valence electrons. The van der Waals surface area contributed by atoms with Crippen LogP contribution in [0.15, 0.2) is 24.3 Å². The Labute approximate surface area is 113 Å². The molecule has 1 saturated heterocycles. The second-order valence-corrected chi connectivity index (χ2v) is 6.84. The molecule has 0 amide bonds. The van der Waals surface area contributed by atoms with Crippen LogP contribution in [0.2, 0.25) is 0 Å². The molecule has 1 aliphatic heterocycles. The number of benzene rings is 1. The summed E-state index contributed by atoms with van der Waals surface area (Å²) >= 11 is 0. The highest BCUT2D eigenvalue weighted by molar-refractivity contribution is 7.88. The van der Waals surface area contributed by atoms with Crippen molar-refractivity contribution in [2.24, 2.45) is 0 Å². The third-order valence-corrected chi connectivity index (χ3v) is 4.62. The zero-order valence-corrected chi connectivity index (χ0v) is 11.7. The predicted octanol–water partition coefficient (Wildman–Crippen LogP) is 1.39. The molecule has 2 rings (SSSR count). The van der Waals surface area contributed by atoms with Gasteiger partial charge in [0.2, 0.25) is 10.0 Å². The van der Waals surface area contributed by atoms with Crippen LogP contribution in [0.4, 0.5) is 4.39 Å². The van der Waals surface area contributed by atoms with Crippen molar-refractivity contribution in [2.75, 3.05) is 6.54 Å². The molecule has 1 aromatic rings. The first-order chi connectivity index (χ1) is 8.94. The maximum absolute atomic E-state index is 13.0. The summed E-state index contributed by atoms with van der Waals surface area (Å²) in [5, 5.41) is 3.27. The summed E-state index contributed by atoms with van der Waals surface area (Å²) in [7, 11) is -3.42. The minimum Gasteiger partial charge on any atom is -0.314 e. The van der Waals surface area contributed by atoms with Crippen molar-refractivity contribution in [3.05, 3.63) is 35.6 Å². The van der Waals surface area contributed by atoms with Crippen LogP contribution >= 0.6 is 0 Å². The standard InChI is InChI=1S/C13H19FN2O2S/c1-10-7-13(5-6-15-10)16-19(17,18)9-11-3-2-4-12(14)8-11/h2-4,8,10,13,15-16H,5-7,9H2,1H3. The quantitative estimate of drug-likeness (QED) is 0.879. The Morgan fingerprint density at radius 2 is 2.26 bits per heavy atom. The van der Waals surface area contributed by atoms with Crippen molar-refractivity contribution in [3.8, 4) is 0 Å². The SMILES string of the molecule is CC1CC(NS(=O)(=O)Cc2cccc(F)c2)CCN1. The molecule has 2 unspecified atom stereocenters. The number of halogens is 1. The molecule has 4 nitrogen and oxygen atoms in total. The fraction of sp³-hybridized carbons (Fsp3) is 0.538. The van der Waals surface area contributed by atoms with Crippen molar-refractivity contribution in [3.63, 3.8) is 0 Å². The Morgan fingerprint density at radius 3 is 2.95 bits per heavy atom. The Kier molecular flexibility index (Phi) is 4.54. The molecule has 1 heterocycles. The van der Waals surface area contributed by atoms with E-state index in [2.05, 4.69) is 10.0 Å². The average Bonchev–Trinajstić information content (AvgIpc) is 2.27. The highest BCUT2D eigenvalue weighted by Gasteiger charge is 2.23. The van der Waals surface area contributed by atoms with Gasteiger partial charge in [-0.15, -0.1) is 0 Å². The van der Waals surface area contributed by atoms with Gasteiger partial charge in [0.05, 0.1) is 5.75 Å². The highest BCUT2D eigenvalue weighted by atomic mass is 32.2. The lowest BCUT2D eigenvalue weighted by Crippen LogP contribution is -2.46. The topological polar surface area (TPSA) is 58.2 Å². The maximum Gasteiger partial charge on any atom is 0.216 e. The minimum atomic E-state index is -3.42. The van der Waals surface area contributed by atoms with E-state index in [9.17, 15) is 12.8 Å². The van der Waals surface area contributed by atoms with E-state index in [1.54, 1.807) is 6.07 Å². The predicted molar refractivity (Wildman–Crippen MR) is 72.6 cm³/mol. The largest absolute Gasteiger partial charge is 0.314 e. The van der Waals surface area contributed by atoms with E-state index in [4.69, 9.17) is 0 Å². The fourth-order valence-corrected chi connectivity index (χ4v) is 3.80. The molecule has 2 atom stereocenters. The second kappa shape index (κ2) is 5.98. The first-order valence-corrected chi connectivity index (χ1v) is 8.08. The minimum absolute atomic E-state index is 0.0326. The third-order valence-electron chi connectivity index (χ3n) is 3.22. The zero-order valence-electron chi connectivity index (χ0n) is 10.9. The fourth-order valence-electron chi connectivity index (χ4n) is 2.38. The summed E-state index contributed by atoms with van der Waals surface area (Å²) in [5.74, 6) is -0.591. The van der Waals surface area contributed by atoms with Gasteiger partial charge < -0.3 is 5.32 Å². The normalized spacial score (nSPS) is 24.3. The van der Waals surface area contributed by atoms with E-state index in [0.717, 1.165) is 19.4 Å². The first kappa shape index (κ1) is 14.4. The first-order valence-electron chi connectivity index (χ1n) is 6.42. The Bertz CT molecular complexity index is 533. The molecule has 0 aliphatic carbocycles. The molecule has 0 spiro atoms. The van der Waals surface area contributed by atoms with E-state index in [-0.39, 0.29) is 11.8 Å². The molecule has 0 radical (unpaired) electrons. The van der Waals surface area contributed by atoms with Gasteiger partial charge in [-0.3, -0.25) is 0 Å². The lowest BCUT2D eigenvalue weighted by molar-refractivity contribution is 0.361. The van der Waals surface area contributed by atoms with Gasteiger partial charge in [0.1, 0.15) is 5.82 Å². The Balaban J connectivity index is 1.98. The highest BCUT2D eigenvalue weighted by Crippen LogP contribution is 2.12. The van der Waals surface area contributed by atoms with Crippen LogP contribution < -0.4 is 10.0 Å². The van der Waals surface area contributed by atoms with Crippen molar-refractivity contribution >= 4 is 10.0 Å². The average molecular weight is 286 g/mol. The number of nitrogens with one attached hydrogen (secondary N) is 2. The summed E-state index contributed by atoms with van der Waals surface area (Å²) < 4.78 is 39.8. The van der Waals surface area contributed by atoms with Crippen LogP contribution in [0.3, 0.4) is 0 Å². The zero-order chi connectivity index (χ0) is 13.9.